The minimum Gasteiger partial charge on any atom is -0.495 e. The number of nitrogens with zero attached hydrogens (tertiary/aromatic N) is 1. The van der Waals surface area contributed by atoms with Gasteiger partial charge in [0.2, 0.25) is 15.9 Å². The molecule has 0 saturated carbocycles. The molecule has 0 unspecified atom stereocenters. The molecule has 0 radical (unpaired) electrons. The lowest BCUT2D eigenvalue weighted by Crippen LogP contribution is -2.23. The zero-order chi connectivity index (χ0) is 15.5. The third kappa shape index (κ3) is 3.49. The van der Waals surface area contributed by atoms with E-state index in [2.05, 4.69) is 5.32 Å². The molecule has 0 aliphatic carbocycles. The number of rotatable bonds is 5. The number of hydrogen-bond donors (Lipinski definition) is 1. The molecule has 0 spiro atoms. The molecule has 1 aromatic carbocycles. The number of hydrogen-bond acceptors (Lipinski definition) is 4. The summed E-state index contributed by atoms with van der Waals surface area (Å²) in [5, 5.41) is 2.67. The number of anilines is 1. The second kappa shape index (κ2) is 6.23. The average molecular weight is 300 g/mol. The molecule has 6 nitrogen and oxygen atoms in total. The molecule has 0 aromatic heterocycles. The SMILES string of the molecule is COc1ccc(S(=O)(=O)N(C)C)cc1NC(=O)C(C)C. The average Bonchev–Trinajstić information content (AvgIpc) is 2.38. The van der Waals surface area contributed by atoms with Gasteiger partial charge < -0.3 is 10.1 Å². The first-order valence-electron chi connectivity index (χ1n) is 6.11. The summed E-state index contributed by atoms with van der Waals surface area (Å²) in [5.41, 5.74) is 0.342. The van der Waals surface area contributed by atoms with Crippen molar-refractivity contribution in [2.45, 2.75) is 18.7 Å². The van der Waals surface area contributed by atoms with Gasteiger partial charge in [-0.3, -0.25) is 4.79 Å². The molecule has 0 aliphatic rings. The second-order valence-corrected chi connectivity index (χ2v) is 6.95. The highest BCUT2D eigenvalue weighted by Crippen LogP contribution is 2.28. The maximum absolute atomic E-state index is 12.1. The molecule has 0 saturated heterocycles. The largest absolute Gasteiger partial charge is 0.495 e. The molecule has 1 amide bonds. The Morgan fingerprint density at radius 3 is 2.35 bits per heavy atom. The van der Waals surface area contributed by atoms with Gasteiger partial charge in [-0.25, -0.2) is 12.7 Å². The molecule has 7 heteroatoms. The van der Waals surface area contributed by atoms with Crippen molar-refractivity contribution in [2.75, 3.05) is 26.5 Å². The van der Waals surface area contributed by atoms with Gasteiger partial charge in [0.25, 0.3) is 0 Å². The molecule has 112 valence electrons. The van der Waals surface area contributed by atoms with Crippen LogP contribution in [-0.2, 0) is 14.8 Å². The summed E-state index contributed by atoms with van der Waals surface area (Å²) >= 11 is 0. The van der Waals surface area contributed by atoms with Gasteiger partial charge in [0.15, 0.2) is 0 Å². The molecule has 0 bridgehead atoms. The summed E-state index contributed by atoms with van der Waals surface area (Å²) in [6, 6.07) is 4.36. The minimum atomic E-state index is -3.55. The lowest BCUT2D eigenvalue weighted by molar-refractivity contribution is -0.118. The Balaban J connectivity index is 3.26. The van der Waals surface area contributed by atoms with Crippen molar-refractivity contribution >= 4 is 21.6 Å². The third-order valence-electron chi connectivity index (χ3n) is 2.73. The van der Waals surface area contributed by atoms with E-state index in [0.29, 0.717) is 11.4 Å². The van der Waals surface area contributed by atoms with E-state index >= 15 is 0 Å². The summed E-state index contributed by atoms with van der Waals surface area (Å²) in [5.74, 6) is -0.00627. The van der Waals surface area contributed by atoms with E-state index in [1.165, 1.54) is 39.4 Å². The quantitative estimate of drug-likeness (QED) is 0.895. The van der Waals surface area contributed by atoms with Gasteiger partial charge in [-0.2, -0.15) is 0 Å². The zero-order valence-electron chi connectivity index (χ0n) is 12.3. The van der Waals surface area contributed by atoms with Crippen LogP contribution in [0.3, 0.4) is 0 Å². The molecule has 0 aliphatic heterocycles. The van der Waals surface area contributed by atoms with Gasteiger partial charge in [0.05, 0.1) is 17.7 Å². The molecule has 0 fully saturated rings. The maximum Gasteiger partial charge on any atom is 0.242 e. The summed E-state index contributed by atoms with van der Waals surface area (Å²) in [4.78, 5) is 11.8. The van der Waals surface area contributed by atoms with Crippen LogP contribution in [0.4, 0.5) is 5.69 Å². The lowest BCUT2D eigenvalue weighted by atomic mass is 10.2. The van der Waals surface area contributed by atoms with Crippen LogP contribution in [0.5, 0.6) is 5.75 Å². The van der Waals surface area contributed by atoms with Crippen LogP contribution < -0.4 is 10.1 Å². The van der Waals surface area contributed by atoms with Crippen LogP contribution in [0.25, 0.3) is 0 Å². The maximum atomic E-state index is 12.1. The van der Waals surface area contributed by atoms with Crippen LogP contribution in [0, 0.1) is 5.92 Å². The van der Waals surface area contributed by atoms with Crippen molar-refractivity contribution in [1.82, 2.24) is 4.31 Å². The number of methoxy groups -OCH3 is 1. The number of nitrogens with one attached hydrogen (secondary N) is 1. The topological polar surface area (TPSA) is 75.7 Å². The smallest absolute Gasteiger partial charge is 0.242 e. The number of carbonyl (C=O) groups is 1. The van der Waals surface area contributed by atoms with Gasteiger partial charge in [0, 0.05) is 20.0 Å². The van der Waals surface area contributed by atoms with Gasteiger partial charge in [0.1, 0.15) is 5.75 Å². The van der Waals surface area contributed by atoms with Crippen LogP contribution in [0.2, 0.25) is 0 Å². The van der Waals surface area contributed by atoms with Crippen LogP contribution >= 0.6 is 0 Å². The van der Waals surface area contributed by atoms with Crippen LogP contribution in [-0.4, -0.2) is 39.8 Å². The van der Waals surface area contributed by atoms with Crippen molar-refractivity contribution in [3.8, 4) is 5.75 Å². The third-order valence-corrected chi connectivity index (χ3v) is 4.54. The monoisotopic (exact) mass is 300 g/mol. The molecule has 20 heavy (non-hydrogen) atoms. The Morgan fingerprint density at radius 1 is 1.30 bits per heavy atom. The van der Waals surface area contributed by atoms with Crippen molar-refractivity contribution in [1.29, 1.82) is 0 Å². The summed E-state index contributed by atoms with van der Waals surface area (Å²) in [7, 11) is 0.806. The van der Waals surface area contributed by atoms with E-state index in [1.54, 1.807) is 13.8 Å². The normalized spacial score (nSPS) is 11.8. The molecule has 0 heterocycles. The highest BCUT2D eigenvalue weighted by molar-refractivity contribution is 7.89. The molecule has 1 N–H and O–H groups in total. The minimum absolute atomic E-state index is 0.0994. The first-order valence-corrected chi connectivity index (χ1v) is 7.55. The van der Waals surface area contributed by atoms with E-state index in [0.717, 1.165) is 4.31 Å². The first kappa shape index (κ1) is 16.5. The van der Waals surface area contributed by atoms with Crippen molar-refractivity contribution < 1.29 is 17.9 Å². The van der Waals surface area contributed by atoms with Crippen molar-refractivity contribution in [3.05, 3.63) is 18.2 Å². The molecular weight excluding hydrogens is 280 g/mol. The van der Waals surface area contributed by atoms with Gasteiger partial charge >= 0.3 is 0 Å². The van der Waals surface area contributed by atoms with Crippen molar-refractivity contribution in [3.63, 3.8) is 0 Å². The van der Waals surface area contributed by atoms with E-state index in [4.69, 9.17) is 4.74 Å². The van der Waals surface area contributed by atoms with E-state index in [9.17, 15) is 13.2 Å². The fourth-order valence-corrected chi connectivity index (χ4v) is 2.36. The van der Waals surface area contributed by atoms with Crippen molar-refractivity contribution in [2.24, 2.45) is 5.92 Å². The number of amides is 1. The number of benzene rings is 1. The lowest BCUT2D eigenvalue weighted by Gasteiger charge is -2.15. The van der Waals surface area contributed by atoms with Crippen LogP contribution in [0.15, 0.2) is 23.1 Å². The number of ether oxygens (including phenoxy) is 1. The Kier molecular flexibility index (Phi) is 5.13. The highest BCUT2D eigenvalue weighted by atomic mass is 32.2. The summed E-state index contributed by atoms with van der Waals surface area (Å²) in [6.07, 6.45) is 0. The highest BCUT2D eigenvalue weighted by Gasteiger charge is 2.20. The fraction of sp³-hybridized carbons (Fsp3) is 0.462. The Morgan fingerprint density at radius 2 is 1.90 bits per heavy atom. The summed E-state index contributed by atoms with van der Waals surface area (Å²) < 4.78 is 30.4. The molecule has 0 atom stereocenters. The van der Waals surface area contributed by atoms with Gasteiger partial charge in [-0.05, 0) is 18.2 Å². The Bertz CT molecular complexity index is 594. The Hall–Kier alpha value is -1.60. The first-order chi connectivity index (χ1) is 9.20. The van der Waals surface area contributed by atoms with E-state index < -0.39 is 10.0 Å². The molecular formula is C13H20N2O4S. The second-order valence-electron chi connectivity index (χ2n) is 4.79. The molecule has 1 aromatic rings. The Labute approximate surface area is 119 Å². The van der Waals surface area contributed by atoms with Gasteiger partial charge in [-0.15, -0.1) is 0 Å². The van der Waals surface area contributed by atoms with Gasteiger partial charge in [-0.1, -0.05) is 13.8 Å². The zero-order valence-corrected chi connectivity index (χ0v) is 13.1. The predicted molar refractivity (Wildman–Crippen MR) is 77.3 cm³/mol. The summed E-state index contributed by atoms with van der Waals surface area (Å²) in [6.45, 7) is 3.50. The standard InChI is InChI=1S/C13H20N2O4S/c1-9(2)13(16)14-11-8-10(6-7-12(11)19-5)20(17,18)15(3)4/h6-9H,1-5H3,(H,14,16). The van der Waals surface area contributed by atoms with Crippen LogP contribution in [0.1, 0.15) is 13.8 Å². The van der Waals surface area contributed by atoms with E-state index in [1.807, 2.05) is 0 Å². The van der Waals surface area contributed by atoms with E-state index in [-0.39, 0.29) is 16.7 Å². The number of carbonyl (C=O) groups excluding carboxylic acids is 1. The number of sulfonamides is 1. The predicted octanol–water partition coefficient (Wildman–Crippen LogP) is 1.54. The molecule has 1 rings (SSSR count). The fourth-order valence-electron chi connectivity index (χ4n) is 1.43.